The lowest BCUT2D eigenvalue weighted by Crippen LogP contribution is -2.45. The zero-order valence-corrected chi connectivity index (χ0v) is 21.0. The lowest BCUT2D eigenvalue weighted by molar-refractivity contribution is -0.192. The molecule has 0 saturated carbocycles. The fraction of sp³-hybridized carbons (Fsp3) is 0.400. The van der Waals surface area contributed by atoms with E-state index in [-0.39, 0.29) is 23.7 Å². The summed E-state index contributed by atoms with van der Waals surface area (Å²) in [6, 6.07) is 18.2. The average molecular weight is 539 g/mol. The van der Waals surface area contributed by atoms with Gasteiger partial charge in [-0.3, -0.25) is 9.36 Å². The third kappa shape index (κ3) is 8.39. The number of benzene rings is 2. The first kappa shape index (κ1) is 28.3. The summed E-state index contributed by atoms with van der Waals surface area (Å²) in [7, 11) is 0. The van der Waals surface area contributed by atoms with E-state index in [1.165, 1.54) is 0 Å². The van der Waals surface area contributed by atoms with Gasteiger partial charge in [0.05, 0.1) is 16.8 Å². The van der Waals surface area contributed by atoms with E-state index in [0.29, 0.717) is 5.75 Å². The quantitative estimate of drug-likeness (QED) is 0.394. The van der Waals surface area contributed by atoms with Gasteiger partial charge in [0.15, 0.2) is 0 Å². The van der Waals surface area contributed by atoms with E-state index in [1.54, 1.807) is 11.8 Å². The van der Waals surface area contributed by atoms with Crippen molar-refractivity contribution in [2.45, 2.75) is 42.9 Å². The van der Waals surface area contributed by atoms with Crippen molar-refractivity contribution in [3.05, 3.63) is 65.1 Å². The summed E-state index contributed by atoms with van der Waals surface area (Å²) in [5.74, 6) is -2.26. The molecule has 2 aromatic carbocycles. The number of para-hydroxylation sites is 2. The number of nitrogens with one attached hydrogen (secondary N) is 2. The second-order valence-electron chi connectivity index (χ2n) is 8.72. The monoisotopic (exact) mass is 538 g/mol. The lowest BCUT2D eigenvalue weighted by Gasteiger charge is -2.34. The molecule has 1 aliphatic heterocycles. The Kier molecular flexibility index (Phi) is 9.81. The topological polar surface area (TPSA) is 107 Å². The van der Waals surface area contributed by atoms with Crippen LogP contribution in [-0.4, -0.2) is 69.0 Å². The summed E-state index contributed by atoms with van der Waals surface area (Å²) in [4.78, 5) is 40.0. The van der Waals surface area contributed by atoms with Gasteiger partial charge in [-0.05, 0) is 44.0 Å². The highest BCUT2D eigenvalue weighted by molar-refractivity contribution is 8.00. The Morgan fingerprint density at radius 3 is 2.32 bits per heavy atom. The fourth-order valence-electron chi connectivity index (χ4n) is 4.21. The van der Waals surface area contributed by atoms with Crippen molar-refractivity contribution in [3.8, 4) is 0 Å². The number of carboxylic acids is 1. The van der Waals surface area contributed by atoms with Gasteiger partial charge < -0.3 is 20.3 Å². The summed E-state index contributed by atoms with van der Waals surface area (Å²) < 4.78 is 33.7. The molecule has 1 aliphatic rings. The highest BCUT2D eigenvalue weighted by Crippen LogP contribution is 2.25. The number of nitrogens with zero attached hydrogens (tertiary/aromatic N) is 2. The molecular weight excluding hydrogens is 509 g/mol. The van der Waals surface area contributed by atoms with Crippen LogP contribution in [0.15, 0.2) is 64.3 Å². The van der Waals surface area contributed by atoms with Crippen LogP contribution < -0.4 is 11.0 Å². The van der Waals surface area contributed by atoms with Crippen LogP contribution in [-0.2, 0) is 9.59 Å². The van der Waals surface area contributed by atoms with Gasteiger partial charge >= 0.3 is 17.8 Å². The normalized spacial score (nSPS) is 15.6. The maximum Gasteiger partial charge on any atom is 0.490 e. The number of aromatic amines is 1. The van der Waals surface area contributed by atoms with Gasteiger partial charge in [-0.25, -0.2) is 9.59 Å². The first-order valence-electron chi connectivity index (χ1n) is 11.7. The molecule has 3 aromatic rings. The van der Waals surface area contributed by atoms with Gasteiger partial charge in [-0.2, -0.15) is 13.2 Å². The minimum atomic E-state index is -5.08. The van der Waals surface area contributed by atoms with Crippen LogP contribution in [0.2, 0.25) is 0 Å². The van der Waals surface area contributed by atoms with Gasteiger partial charge in [0.25, 0.3) is 0 Å². The number of carbonyl (C=O) groups excluding carboxylic acids is 1. The number of carbonyl (C=O) groups is 2. The Labute approximate surface area is 215 Å². The largest absolute Gasteiger partial charge is 0.490 e. The standard InChI is InChI=1S/C23H28N4O2S.C2HF3O2/c1-17(24-22(28)16-30-19-7-3-2-4-8-19)15-26-13-11-18(12-14-26)27-21-10-6-5-9-20(21)25-23(27)29;3-2(4,5)1(6)7/h2-10,17-18H,11-16H2,1H3,(H,24,28)(H,25,29);(H,6,7)/t17-;/m0./s1. The first-order chi connectivity index (χ1) is 17.5. The highest BCUT2D eigenvalue weighted by atomic mass is 32.2. The molecule has 0 radical (unpaired) electrons. The number of halogens is 3. The van der Waals surface area contributed by atoms with Gasteiger partial charge in [0.2, 0.25) is 5.91 Å². The third-order valence-electron chi connectivity index (χ3n) is 5.84. The predicted octanol–water partition coefficient (Wildman–Crippen LogP) is 3.90. The minimum Gasteiger partial charge on any atom is -0.475 e. The number of H-pyrrole nitrogens is 1. The van der Waals surface area contributed by atoms with Crippen LogP contribution in [0.4, 0.5) is 13.2 Å². The van der Waals surface area contributed by atoms with Crippen molar-refractivity contribution >= 4 is 34.7 Å². The van der Waals surface area contributed by atoms with Gasteiger partial charge in [0, 0.05) is 36.6 Å². The van der Waals surface area contributed by atoms with E-state index in [9.17, 15) is 22.8 Å². The average Bonchev–Trinajstić information content (AvgIpc) is 3.19. The van der Waals surface area contributed by atoms with E-state index in [0.717, 1.165) is 48.4 Å². The predicted molar refractivity (Wildman–Crippen MR) is 136 cm³/mol. The van der Waals surface area contributed by atoms with Gasteiger partial charge in [0.1, 0.15) is 0 Å². The molecule has 0 bridgehead atoms. The molecule has 1 aromatic heterocycles. The van der Waals surface area contributed by atoms with Crippen molar-refractivity contribution in [2.24, 2.45) is 0 Å². The molecule has 8 nitrogen and oxygen atoms in total. The first-order valence-corrected chi connectivity index (χ1v) is 12.7. The maximum absolute atomic E-state index is 12.4. The Balaban J connectivity index is 0.000000479. The van der Waals surface area contributed by atoms with E-state index >= 15 is 0 Å². The van der Waals surface area contributed by atoms with E-state index < -0.39 is 12.1 Å². The minimum absolute atomic E-state index is 0.0220. The second kappa shape index (κ2) is 12.8. The number of aliphatic carboxylic acids is 1. The lowest BCUT2D eigenvalue weighted by atomic mass is 10.0. The Morgan fingerprint density at radius 1 is 1.11 bits per heavy atom. The number of alkyl halides is 3. The van der Waals surface area contributed by atoms with Crippen molar-refractivity contribution in [1.82, 2.24) is 19.8 Å². The molecule has 37 heavy (non-hydrogen) atoms. The zero-order valence-electron chi connectivity index (χ0n) is 20.2. The van der Waals surface area contributed by atoms with Gasteiger partial charge in [-0.15, -0.1) is 11.8 Å². The smallest absolute Gasteiger partial charge is 0.475 e. The van der Waals surface area contributed by atoms with Crippen molar-refractivity contribution in [1.29, 1.82) is 0 Å². The number of imidazole rings is 1. The third-order valence-corrected chi connectivity index (χ3v) is 6.85. The van der Waals surface area contributed by atoms with Crippen LogP contribution in [0.1, 0.15) is 25.8 Å². The number of piperidine rings is 1. The number of likely N-dealkylation sites (tertiary alicyclic amines) is 1. The summed E-state index contributed by atoms with van der Waals surface area (Å²) >= 11 is 1.56. The van der Waals surface area contributed by atoms with E-state index in [4.69, 9.17) is 9.90 Å². The van der Waals surface area contributed by atoms with Crippen molar-refractivity contribution in [2.75, 3.05) is 25.4 Å². The van der Waals surface area contributed by atoms with E-state index in [1.807, 2.05) is 59.2 Å². The number of hydrogen-bond acceptors (Lipinski definition) is 5. The number of carboxylic acid groups (broad SMARTS) is 1. The molecule has 0 aliphatic carbocycles. The van der Waals surface area contributed by atoms with Crippen LogP contribution in [0.3, 0.4) is 0 Å². The number of hydrogen-bond donors (Lipinski definition) is 3. The summed E-state index contributed by atoms with van der Waals surface area (Å²) in [5, 5.41) is 10.2. The zero-order chi connectivity index (χ0) is 27.0. The molecule has 12 heteroatoms. The molecule has 1 amide bonds. The molecule has 1 fully saturated rings. The molecule has 3 N–H and O–H groups in total. The highest BCUT2D eigenvalue weighted by Gasteiger charge is 2.38. The fourth-order valence-corrected chi connectivity index (χ4v) is 4.94. The Bertz CT molecular complexity index is 1240. The molecule has 2 heterocycles. The summed E-state index contributed by atoms with van der Waals surface area (Å²) in [6.45, 7) is 4.74. The number of thioether (sulfide) groups is 1. The molecule has 200 valence electrons. The summed E-state index contributed by atoms with van der Waals surface area (Å²) in [5.41, 5.74) is 1.86. The number of fused-ring (bicyclic) bond motifs is 1. The van der Waals surface area contributed by atoms with Crippen LogP contribution in [0.5, 0.6) is 0 Å². The molecule has 0 spiro atoms. The SMILES string of the molecule is C[C@@H](CN1CCC(n2c(=O)[nH]c3ccccc32)CC1)NC(=O)CSc1ccccc1.O=C(O)C(F)(F)F. The number of amides is 1. The Morgan fingerprint density at radius 2 is 1.70 bits per heavy atom. The molecule has 0 unspecified atom stereocenters. The van der Waals surface area contributed by atoms with Crippen LogP contribution in [0, 0.1) is 0 Å². The van der Waals surface area contributed by atoms with E-state index in [2.05, 4.69) is 22.1 Å². The van der Waals surface area contributed by atoms with Crippen LogP contribution in [0.25, 0.3) is 11.0 Å². The molecule has 4 rings (SSSR count). The van der Waals surface area contributed by atoms with Crippen LogP contribution >= 0.6 is 11.8 Å². The Hall–Kier alpha value is -3.25. The second-order valence-corrected chi connectivity index (χ2v) is 9.77. The van der Waals surface area contributed by atoms with Crippen molar-refractivity contribution in [3.63, 3.8) is 0 Å². The van der Waals surface area contributed by atoms with Crippen molar-refractivity contribution < 1.29 is 27.9 Å². The maximum atomic E-state index is 12.4. The molecular formula is C25H29F3N4O4S. The molecule has 1 saturated heterocycles. The van der Waals surface area contributed by atoms with Gasteiger partial charge in [-0.1, -0.05) is 30.3 Å². The molecule has 1 atom stereocenters. The number of aromatic nitrogens is 2. The summed E-state index contributed by atoms with van der Waals surface area (Å²) in [6.07, 6.45) is -3.21. The number of rotatable bonds is 7.